The van der Waals surface area contributed by atoms with Crippen molar-refractivity contribution in [2.24, 2.45) is 17.6 Å². The zero-order chi connectivity index (χ0) is 22.9. The van der Waals surface area contributed by atoms with Crippen LogP contribution in [0.1, 0.15) is 42.4 Å². The first-order chi connectivity index (χ1) is 15.5. The molecule has 1 aromatic carbocycles. The Morgan fingerprint density at radius 2 is 2.00 bits per heavy atom. The van der Waals surface area contributed by atoms with Gasteiger partial charge in [0, 0.05) is 25.3 Å². The summed E-state index contributed by atoms with van der Waals surface area (Å²) in [5, 5.41) is 27.0. The van der Waals surface area contributed by atoms with Crippen molar-refractivity contribution < 1.29 is 10.0 Å². The summed E-state index contributed by atoms with van der Waals surface area (Å²) in [6.07, 6.45) is 5.18. The Labute approximate surface area is 188 Å². The van der Waals surface area contributed by atoms with Crippen LogP contribution < -0.4 is 16.4 Å². The third-order valence-corrected chi connectivity index (χ3v) is 5.96. The predicted octanol–water partition coefficient (Wildman–Crippen LogP) is 2.83. The molecule has 0 atom stereocenters. The van der Waals surface area contributed by atoms with Crippen molar-refractivity contribution in [1.29, 1.82) is 0 Å². The molecule has 1 fully saturated rings. The topological polar surface area (TPSA) is 139 Å². The second kappa shape index (κ2) is 11.4. The average molecular weight is 439 g/mol. The summed E-state index contributed by atoms with van der Waals surface area (Å²) in [4.78, 5) is 19.4. The maximum Gasteiger partial charge on any atom is 0.329 e. The van der Waals surface area contributed by atoms with E-state index in [9.17, 15) is 15.2 Å². The molecule has 1 aliphatic carbocycles. The van der Waals surface area contributed by atoms with E-state index in [1.807, 2.05) is 25.1 Å². The second-order valence-corrected chi connectivity index (χ2v) is 8.08. The lowest BCUT2D eigenvalue weighted by Gasteiger charge is -2.27. The minimum Gasteiger partial charge on any atom is -0.396 e. The number of aromatic nitrogens is 2. The Hall–Kier alpha value is -3.22. The molecule has 3 rings (SSSR count). The third kappa shape index (κ3) is 6.15. The van der Waals surface area contributed by atoms with Crippen LogP contribution in [-0.4, -0.2) is 39.7 Å². The molecule has 0 saturated heterocycles. The number of nitrogens with two attached hydrogens (primary N) is 1. The molecule has 32 heavy (non-hydrogen) atoms. The van der Waals surface area contributed by atoms with Crippen LogP contribution in [0.4, 0.5) is 17.5 Å². The fraction of sp³-hybridized carbons (Fsp3) is 0.478. The van der Waals surface area contributed by atoms with Crippen LogP contribution >= 0.6 is 0 Å². The van der Waals surface area contributed by atoms with Gasteiger partial charge in [-0.2, -0.15) is 4.98 Å². The van der Waals surface area contributed by atoms with Crippen molar-refractivity contribution in [3.63, 3.8) is 0 Å². The molecule has 2 aromatic rings. The van der Waals surface area contributed by atoms with Gasteiger partial charge in [-0.3, -0.25) is 10.1 Å². The highest BCUT2D eigenvalue weighted by molar-refractivity contribution is 5.57. The lowest BCUT2D eigenvalue weighted by molar-refractivity contribution is -0.384. The smallest absolute Gasteiger partial charge is 0.329 e. The number of aliphatic hydroxyl groups excluding tert-OH is 1. The Balaban J connectivity index is 1.67. The van der Waals surface area contributed by atoms with Crippen LogP contribution in [-0.2, 0) is 6.54 Å². The molecule has 1 aromatic heterocycles. The largest absolute Gasteiger partial charge is 0.396 e. The number of nitro groups is 1. The minimum absolute atomic E-state index is 0.144. The van der Waals surface area contributed by atoms with Gasteiger partial charge in [0.2, 0.25) is 11.8 Å². The Bertz CT molecular complexity index is 993. The van der Waals surface area contributed by atoms with E-state index in [4.69, 9.17) is 5.73 Å². The highest BCUT2D eigenvalue weighted by Gasteiger charge is 2.23. The average Bonchev–Trinajstić information content (AvgIpc) is 2.81. The molecule has 0 spiro atoms. The normalized spacial score (nSPS) is 17.8. The van der Waals surface area contributed by atoms with E-state index in [0.717, 1.165) is 42.4 Å². The molecule has 0 aliphatic heterocycles. The molecule has 9 heteroatoms. The quantitative estimate of drug-likeness (QED) is 0.280. The number of rotatable bonds is 8. The first-order valence-corrected chi connectivity index (χ1v) is 10.9. The molecule has 0 amide bonds. The van der Waals surface area contributed by atoms with Crippen molar-refractivity contribution in [3.8, 4) is 11.8 Å². The highest BCUT2D eigenvalue weighted by atomic mass is 16.6. The molecule has 1 aliphatic rings. The van der Waals surface area contributed by atoms with E-state index >= 15 is 0 Å². The standard InChI is InChI=1S/C23H30N6O3/c1-16-19(6-3-11-24)4-2-5-20(16)13-26-23-27-14-21(29(31)32)22(28-23)25-12-17-7-9-18(15-30)10-8-17/h2,4-5,14,17-18,30H,7-13,15,24H2,1H3,(H2,25,26,27,28)/t17-,18-. The summed E-state index contributed by atoms with van der Waals surface area (Å²) >= 11 is 0. The van der Waals surface area contributed by atoms with Gasteiger partial charge in [-0.1, -0.05) is 24.0 Å². The van der Waals surface area contributed by atoms with Gasteiger partial charge in [0.1, 0.15) is 6.20 Å². The van der Waals surface area contributed by atoms with Crippen molar-refractivity contribution in [3.05, 3.63) is 51.2 Å². The van der Waals surface area contributed by atoms with Crippen LogP contribution in [0, 0.1) is 40.7 Å². The molecule has 5 N–H and O–H groups in total. The fourth-order valence-electron chi connectivity index (χ4n) is 3.91. The van der Waals surface area contributed by atoms with E-state index in [1.165, 1.54) is 6.20 Å². The number of aliphatic hydroxyl groups is 1. The fourth-order valence-corrected chi connectivity index (χ4v) is 3.91. The molecule has 0 radical (unpaired) electrons. The number of anilines is 2. The Kier molecular flexibility index (Phi) is 8.36. The van der Waals surface area contributed by atoms with Crippen LogP contribution in [0.15, 0.2) is 24.4 Å². The first kappa shape index (κ1) is 23.4. The van der Waals surface area contributed by atoms with Gasteiger partial charge in [-0.15, -0.1) is 0 Å². The lowest BCUT2D eigenvalue weighted by Crippen LogP contribution is -2.23. The summed E-state index contributed by atoms with van der Waals surface area (Å²) in [5.74, 6) is 7.25. The molecular weight excluding hydrogens is 408 g/mol. The lowest BCUT2D eigenvalue weighted by atomic mass is 9.82. The summed E-state index contributed by atoms with van der Waals surface area (Å²) < 4.78 is 0. The SMILES string of the molecule is Cc1c(C#CCN)cccc1CNc1ncc([N+](=O)[O-])c(NC[C@H]2CC[C@H](CO)CC2)n1. The number of benzene rings is 1. The predicted molar refractivity (Wildman–Crippen MR) is 124 cm³/mol. The molecule has 1 saturated carbocycles. The van der Waals surface area contributed by atoms with Gasteiger partial charge in [0.25, 0.3) is 0 Å². The van der Waals surface area contributed by atoms with Crippen molar-refractivity contribution in [2.45, 2.75) is 39.2 Å². The number of nitrogens with zero attached hydrogens (tertiary/aromatic N) is 3. The van der Waals surface area contributed by atoms with Crippen LogP contribution in [0.3, 0.4) is 0 Å². The van der Waals surface area contributed by atoms with Gasteiger partial charge in [0.15, 0.2) is 0 Å². The molecule has 9 nitrogen and oxygen atoms in total. The summed E-state index contributed by atoms with van der Waals surface area (Å²) in [5.41, 5.74) is 8.31. The highest BCUT2D eigenvalue weighted by Crippen LogP contribution is 2.30. The van der Waals surface area contributed by atoms with Crippen molar-refractivity contribution in [2.75, 3.05) is 30.3 Å². The molecular formula is C23H30N6O3. The first-order valence-electron chi connectivity index (χ1n) is 10.9. The maximum absolute atomic E-state index is 11.4. The van der Waals surface area contributed by atoms with E-state index < -0.39 is 4.92 Å². The minimum atomic E-state index is -0.474. The van der Waals surface area contributed by atoms with Crippen molar-refractivity contribution >= 4 is 17.5 Å². The molecule has 170 valence electrons. The van der Waals surface area contributed by atoms with E-state index in [-0.39, 0.29) is 18.1 Å². The van der Waals surface area contributed by atoms with E-state index in [0.29, 0.717) is 37.4 Å². The summed E-state index contributed by atoms with van der Waals surface area (Å²) in [6, 6.07) is 5.86. The third-order valence-electron chi connectivity index (χ3n) is 5.96. The number of nitrogens with one attached hydrogen (secondary N) is 2. The Morgan fingerprint density at radius 1 is 1.25 bits per heavy atom. The van der Waals surface area contributed by atoms with E-state index in [1.54, 1.807) is 0 Å². The monoisotopic (exact) mass is 438 g/mol. The molecule has 0 bridgehead atoms. The van der Waals surface area contributed by atoms with Crippen LogP contribution in [0.25, 0.3) is 0 Å². The van der Waals surface area contributed by atoms with Gasteiger partial charge < -0.3 is 21.5 Å². The van der Waals surface area contributed by atoms with Crippen LogP contribution in [0.2, 0.25) is 0 Å². The molecule has 1 heterocycles. The van der Waals surface area contributed by atoms with Crippen molar-refractivity contribution in [1.82, 2.24) is 9.97 Å². The number of hydrogen-bond acceptors (Lipinski definition) is 8. The van der Waals surface area contributed by atoms with Gasteiger partial charge in [0.05, 0.1) is 11.5 Å². The molecule has 0 unspecified atom stereocenters. The summed E-state index contributed by atoms with van der Waals surface area (Å²) in [7, 11) is 0. The zero-order valence-corrected chi connectivity index (χ0v) is 18.3. The van der Waals surface area contributed by atoms with Gasteiger partial charge in [-0.05, 0) is 61.6 Å². The number of hydrogen-bond donors (Lipinski definition) is 4. The van der Waals surface area contributed by atoms with Crippen LogP contribution in [0.5, 0.6) is 0 Å². The van der Waals surface area contributed by atoms with Gasteiger partial charge in [-0.25, -0.2) is 4.98 Å². The zero-order valence-electron chi connectivity index (χ0n) is 18.3. The maximum atomic E-state index is 11.4. The summed E-state index contributed by atoms with van der Waals surface area (Å²) in [6.45, 7) is 3.60. The second-order valence-electron chi connectivity index (χ2n) is 8.08. The Morgan fingerprint density at radius 3 is 2.69 bits per heavy atom. The van der Waals surface area contributed by atoms with E-state index in [2.05, 4.69) is 32.4 Å². The van der Waals surface area contributed by atoms with Gasteiger partial charge >= 0.3 is 5.69 Å².